The second-order valence-electron chi connectivity index (χ2n) is 11.5. The highest BCUT2D eigenvalue weighted by Crippen LogP contribution is 2.47. The van der Waals surface area contributed by atoms with Crippen LogP contribution in [0, 0.1) is 0 Å². The van der Waals surface area contributed by atoms with Crippen molar-refractivity contribution in [3.63, 3.8) is 0 Å². The van der Waals surface area contributed by atoms with Crippen LogP contribution in [0.4, 0.5) is 5.69 Å². The van der Waals surface area contributed by atoms with Crippen LogP contribution in [0.5, 0.6) is 5.75 Å². The number of pyridine rings is 1. The first-order chi connectivity index (χ1) is 23.3. The molecule has 0 amide bonds. The summed E-state index contributed by atoms with van der Waals surface area (Å²) < 4.78 is 6.39. The van der Waals surface area contributed by atoms with Gasteiger partial charge in [-0.25, -0.2) is 19.9 Å². The minimum atomic E-state index is -0.256. The molecule has 1 aliphatic heterocycles. The molecule has 1 aliphatic rings. The number of fused-ring (bicyclic) bond motifs is 5. The van der Waals surface area contributed by atoms with Gasteiger partial charge in [0.15, 0.2) is 23.7 Å². The maximum atomic E-state index is 6.39. The van der Waals surface area contributed by atoms with E-state index in [9.17, 15) is 0 Å². The third-order valence-electron chi connectivity index (χ3n) is 8.57. The highest BCUT2D eigenvalue weighted by Gasteiger charge is 2.27. The summed E-state index contributed by atoms with van der Waals surface area (Å²) >= 11 is 0. The third-order valence-corrected chi connectivity index (χ3v) is 8.57. The topological polar surface area (TPSA) is 72.8 Å². The van der Waals surface area contributed by atoms with Gasteiger partial charge in [-0.2, -0.15) is 0 Å². The standard InChI is InChI=1S/C41H27N5O/c1-4-12-27(13-5-1)38-44-39(28-14-6-2-7-15-28)46-40(45-38)29-22-20-26(21-23-29)36-32-24-25-34-37(35(32)31-18-10-11-19-33(31)42-36)43-41(47-34)30-16-8-3-9-17-30/h1-25,41,43H. The van der Waals surface area contributed by atoms with E-state index in [1.807, 2.05) is 91.0 Å². The fourth-order valence-electron chi connectivity index (χ4n) is 6.27. The van der Waals surface area contributed by atoms with Gasteiger partial charge in [-0.3, -0.25) is 0 Å². The molecule has 3 heterocycles. The molecule has 0 radical (unpaired) electrons. The maximum Gasteiger partial charge on any atom is 0.196 e. The number of nitrogens with zero attached hydrogens (tertiary/aromatic N) is 4. The fourth-order valence-corrected chi connectivity index (χ4v) is 6.27. The van der Waals surface area contributed by atoms with Gasteiger partial charge >= 0.3 is 0 Å². The van der Waals surface area contributed by atoms with E-state index in [1.54, 1.807) is 0 Å². The zero-order valence-corrected chi connectivity index (χ0v) is 25.2. The van der Waals surface area contributed by atoms with Crippen LogP contribution in [0.2, 0.25) is 0 Å². The summed E-state index contributed by atoms with van der Waals surface area (Å²) in [6.07, 6.45) is -0.256. The molecule has 0 spiro atoms. The predicted molar refractivity (Wildman–Crippen MR) is 188 cm³/mol. The summed E-state index contributed by atoms with van der Waals surface area (Å²) in [5.74, 6) is 2.73. The Labute approximate surface area is 271 Å². The van der Waals surface area contributed by atoms with Crippen LogP contribution in [0.25, 0.3) is 67.1 Å². The van der Waals surface area contributed by atoms with Gasteiger partial charge in [0, 0.05) is 44.0 Å². The highest BCUT2D eigenvalue weighted by atomic mass is 16.5. The van der Waals surface area contributed by atoms with E-state index in [-0.39, 0.29) is 6.23 Å². The lowest BCUT2D eigenvalue weighted by Gasteiger charge is -2.13. The normalized spacial score (nSPS) is 13.7. The summed E-state index contributed by atoms with van der Waals surface area (Å²) in [5, 5.41) is 6.89. The second kappa shape index (κ2) is 11.2. The monoisotopic (exact) mass is 605 g/mol. The van der Waals surface area contributed by atoms with Gasteiger partial charge in [-0.1, -0.05) is 133 Å². The average molecular weight is 606 g/mol. The van der Waals surface area contributed by atoms with Crippen molar-refractivity contribution in [1.82, 2.24) is 19.9 Å². The quantitative estimate of drug-likeness (QED) is 0.197. The van der Waals surface area contributed by atoms with Crippen LogP contribution < -0.4 is 10.1 Å². The number of ether oxygens (including phenoxy) is 1. The summed E-state index contributed by atoms with van der Waals surface area (Å²) in [4.78, 5) is 19.8. The van der Waals surface area contributed by atoms with Gasteiger partial charge in [-0.15, -0.1) is 0 Å². The van der Waals surface area contributed by atoms with Crippen molar-refractivity contribution in [3.05, 3.63) is 157 Å². The number of para-hydroxylation sites is 1. The lowest BCUT2D eigenvalue weighted by molar-refractivity contribution is 0.260. The maximum absolute atomic E-state index is 6.39. The molecule has 1 atom stereocenters. The SMILES string of the molecule is c1ccc(-c2nc(-c3ccccc3)nc(-c3ccc(-c4nc5ccccc5c5c6c(ccc45)OC(c4ccccc4)N6)cc3)n2)cc1. The van der Waals surface area contributed by atoms with Crippen molar-refractivity contribution in [2.75, 3.05) is 5.32 Å². The van der Waals surface area contributed by atoms with Crippen LogP contribution in [0.15, 0.2) is 152 Å². The minimum Gasteiger partial charge on any atom is -0.464 e. The molecule has 0 saturated heterocycles. The van der Waals surface area contributed by atoms with Crippen LogP contribution in [0.3, 0.4) is 0 Å². The number of aromatic nitrogens is 4. The molecule has 47 heavy (non-hydrogen) atoms. The summed E-state index contributed by atoms with van der Waals surface area (Å²) in [6.45, 7) is 0. The molecule has 2 aromatic heterocycles. The van der Waals surface area contributed by atoms with E-state index in [4.69, 9.17) is 24.7 Å². The van der Waals surface area contributed by atoms with Crippen molar-refractivity contribution in [3.8, 4) is 51.2 Å². The third kappa shape index (κ3) is 4.84. The fraction of sp³-hybridized carbons (Fsp3) is 0.0244. The van der Waals surface area contributed by atoms with E-state index >= 15 is 0 Å². The molecule has 0 saturated carbocycles. The van der Waals surface area contributed by atoms with Crippen molar-refractivity contribution in [2.24, 2.45) is 0 Å². The Morgan fingerprint density at radius 2 is 0.979 bits per heavy atom. The Bertz CT molecular complexity index is 2340. The van der Waals surface area contributed by atoms with Crippen LogP contribution in [-0.4, -0.2) is 19.9 Å². The Hall–Kier alpha value is -6.40. The molecule has 0 fully saturated rings. The van der Waals surface area contributed by atoms with Crippen LogP contribution in [-0.2, 0) is 0 Å². The Balaban J connectivity index is 1.15. The minimum absolute atomic E-state index is 0.256. The smallest absolute Gasteiger partial charge is 0.196 e. The zero-order valence-electron chi connectivity index (χ0n) is 25.2. The largest absolute Gasteiger partial charge is 0.464 e. The van der Waals surface area contributed by atoms with Crippen molar-refractivity contribution < 1.29 is 4.74 Å². The first kappa shape index (κ1) is 27.0. The number of nitrogens with one attached hydrogen (secondary N) is 1. The summed E-state index contributed by atoms with van der Waals surface area (Å²) in [5.41, 5.74) is 7.68. The molecule has 6 heteroatoms. The summed E-state index contributed by atoms with van der Waals surface area (Å²) in [7, 11) is 0. The van der Waals surface area contributed by atoms with Crippen molar-refractivity contribution >= 4 is 27.4 Å². The van der Waals surface area contributed by atoms with Gasteiger partial charge in [0.2, 0.25) is 0 Å². The number of rotatable bonds is 5. The van der Waals surface area contributed by atoms with E-state index in [1.165, 1.54) is 0 Å². The zero-order chi connectivity index (χ0) is 31.2. The molecular weight excluding hydrogens is 578 g/mol. The Kier molecular flexibility index (Phi) is 6.42. The molecule has 1 unspecified atom stereocenters. The molecule has 0 aliphatic carbocycles. The van der Waals surface area contributed by atoms with Crippen molar-refractivity contribution in [1.29, 1.82) is 0 Å². The number of benzene rings is 6. The summed E-state index contributed by atoms with van der Waals surface area (Å²) in [6, 6.07) is 51.1. The molecule has 8 aromatic rings. The van der Waals surface area contributed by atoms with Gasteiger partial charge < -0.3 is 10.1 Å². The van der Waals surface area contributed by atoms with Crippen LogP contribution in [0.1, 0.15) is 11.8 Å². The molecule has 1 N–H and O–H groups in total. The molecule has 222 valence electrons. The Morgan fingerprint density at radius 3 is 1.62 bits per heavy atom. The van der Waals surface area contributed by atoms with Gasteiger partial charge in [0.1, 0.15) is 5.75 Å². The van der Waals surface area contributed by atoms with E-state index in [2.05, 4.69) is 66.0 Å². The molecular formula is C41H27N5O. The molecule has 6 aromatic carbocycles. The van der Waals surface area contributed by atoms with Gasteiger partial charge in [-0.05, 0) is 18.2 Å². The first-order valence-corrected chi connectivity index (χ1v) is 15.6. The number of hydrogen-bond acceptors (Lipinski definition) is 6. The lowest BCUT2D eigenvalue weighted by Crippen LogP contribution is -2.09. The van der Waals surface area contributed by atoms with Crippen molar-refractivity contribution in [2.45, 2.75) is 6.23 Å². The first-order valence-electron chi connectivity index (χ1n) is 15.6. The number of hydrogen-bond donors (Lipinski definition) is 1. The van der Waals surface area contributed by atoms with E-state index in [0.717, 1.165) is 66.6 Å². The molecule has 9 rings (SSSR count). The van der Waals surface area contributed by atoms with Gasteiger partial charge in [0.25, 0.3) is 0 Å². The molecule has 0 bridgehead atoms. The highest BCUT2D eigenvalue weighted by molar-refractivity contribution is 6.17. The Morgan fingerprint density at radius 1 is 0.447 bits per heavy atom. The number of anilines is 1. The average Bonchev–Trinajstić information content (AvgIpc) is 3.60. The predicted octanol–water partition coefficient (Wildman–Crippen LogP) is 9.74. The molecule has 6 nitrogen and oxygen atoms in total. The van der Waals surface area contributed by atoms with Crippen LogP contribution >= 0.6 is 0 Å². The lowest BCUT2D eigenvalue weighted by atomic mass is 9.97. The van der Waals surface area contributed by atoms with E-state index in [0.29, 0.717) is 17.5 Å². The second-order valence-corrected chi connectivity index (χ2v) is 11.5. The van der Waals surface area contributed by atoms with Gasteiger partial charge in [0.05, 0.1) is 16.9 Å². The van der Waals surface area contributed by atoms with E-state index < -0.39 is 0 Å².